The summed E-state index contributed by atoms with van der Waals surface area (Å²) >= 11 is 3.85. The number of allylic oxidation sites excluding steroid dienone is 1. The number of carbonyl (C=O) groups excluding carboxylic acids is 1. The Balaban J connectivity index is 1.53. The first-order valence-corrected chi connectivity index (χ1v) is 13.5. The summed E-state index contributed by atoms with van der Waals surface area (Å²) < 4.78 is 6.40. The van der Waals surface area contributed by atoms with E-state index in [1.54, 1.807) is 17.6 Å². The number of H-pyrrole nitrogens is 1. The van der Waals surface area contributed by atoms with Crippen molar-refractivity contribution in [2.24, 2.45) is 0 Å². The third kappa shape index (κ3) is 4.19. The van der Waals surface area contributed by atoms with Gasteiger partial charge in [-0.25, -0.2) is 14.8 Å². The summed E-state index contributed by atoms with van der Waals surface area (Å²) in [6, 6.07) is 9.75. The average molecular weight is 537 g/mol. The number of thioether (sulfide) groups is 1. The molecule has 0 saturated heterocycles. The van der Waals surface area contributed by atoms with Crippen LogP contribution in [0.5, 0.6) is 0 Å². The van der Waals surface area contributed by atoms with Gasteiger partial charge < -0.3 is 9.72 Å². The summed E-state index contributed by atoms with van der Waals surface area (Å²) in [5.41, 5.74) is 1.90. The molecule has 182 valence electrons. The first-order valence-electron chi connectivity index (χ1n) is 10.8. The average Bonchev–Trinajstić information content (AvgIpc) is 3.46. The summed E-state index contributed by atoms with van der Waals surface area (Å²) in [5, 5.41) is 3.42. The number of aromatic nitrogens is 4. The number of benzene rings is 1. The van der Waals surface area contributed by atoms with Crippen LogP contribution in [0.3, 0.4) is 0 Å². The number of thiophene rings is 2. The fourth-order valence-corrected chi connectivity index (χ4v) is 6.90. The number of aromatic amines is 1. The third-order valence-corrected chi connectivity index (χ3v) is 8.64. The third-order valence-electron chi connectivity index (χ3n) is 5.61. The standard InChI is InChI=1S/C25H20N4O4S3/c1-4-10-29-23(31)18-15(14-8-6-5-7-9-14)11-34-21(18)28-25(29)35-12-16-26-20(30)17-13(2)19(24(32)33-3)36-22(17)27-16/h4-9,11H,1,10,12H2,2-3H3,(H,26,27,30). The number of ether oxygens (including phenoxy) is 1. The van der Waals surface area contributed by atoms with Crippen molar-refractivity contribution < 1.29 is 9.53 Å². The van der Waals surface area contributed by atoms with Crippen molar-refractivity contribution >= 4 is 60.8 Å². The van der Waals surface area contributed by atoms with Crippen LogP contribution in [0.1, 0.15) is 21.1 Å². The number of rotatable bonds is 7. The Kier molecular flexibility index (Phi) is 6.61. The van der Waals surface area contributed by atoms with Crippen molar-refractivity contribution in [3.8, 4) is 11.1 Å². The number of aryl methyl sites for hydroxylation is 1. The molecule has 0 radical (unpaired) electrons. The highest BCUT2D eigenvalue weighted by molar-refractivity contribution is 7.98. The predicted molar refractivity (Wildman–Crippen MR) is 145 cm³/mol. The van der Waals surface area contributed by atoms with Gasteiger partial charge in [0.1, 0.15) is 20.4 Å². The van der Waals surface area contributed by atoms with E-state index < -0.39 is 5.97 Å². The van der Waals surface area contributed by atoms with Gasteiger partial charge in [-0.15, -0.1) is 29.3 Å². The van der Waals surface area contributed by atoms with E-state index in [1.807, 2.05) is 35.7 Å². The Bertz CT molecular complexity index is 1750. The summed E-state index contributed by atoms with van der Waals surface area (Å²) in [6.45, 7) is 5.79. The SMILES string of the molecule is C=CCn1c(SCc2nc3sc(C(=O)OC)c(C)c3c(=O)[nH]2)nc2scc(-c3ccccc3)c2c1=O. The molecule has 0 unspecified atom stereocenters. The smallest absolute Gasteiger partial charge is 0.348 e. The molecular formula is C25H20N4O4S3. The Morgan fingerprint density at radius 2 is 1.97 bits per heavy atom. The molecule has 0 spiro atoms. The quantitative estimate of drug-likeness (QED) is 0.135. The molecule has 11 heteroatoms. The van der Waals surface area contributed by atoms with Crippen LogP contribution in [0.2, 0.25) is 0 Å². The molecule has 0 aliphatic heterocycles. The van der Waals surface area contributed by atoms with E-state index in [1.165, 1.54) is 30.2 Å². The number of nitrogens with zero attached hydrogens (tertiary/aromatic N) is 3. The summed E-state index contributed by atoms with van der Waals surface area (Å²) in [4.78, 5) is 51.9. The molecule has 0 bridgehead atoms. The number of nitrogens with one attached hydrogen (secondary N) is 1. The van der Waals surface area contributed by atoms with Gasteiger partial charge in [0.25, 0.3) is 11.1 Å². The van der Waals surface area contributed by atoms with E-state index in [2.05, 4.69) is 16.5 Å². The minimum absolute atomic E-state index is 0.143. The lowest BCUT2D eigenvalue weighted by Crippen LogP contribution is -2.22. The highest BCUT2D eigenvalue weighted by Crippen LogP contribution is 2.33. The van der Waals surface area contributed by atoms with Gasteiger partial charge in [0.2, 0.25) is 0 Å². The van der Waals surface area contributed by atoms with Gasteiger partial charge in [-0.05, 0) is 18.1 Å². The van der Waals surface area contributed by atoms with Crippen LogP contribution in [0.25, 0.3) is 31.6 Å². The van der Waals surface area contributed by atoms with Gasteiger partial charge in [-0.3, -0.25) is 14.2 Å². The zero-order valence-corrected chi connectivity index (χ0v) is 21.8. The van der Waals surface area contributed by atoms with Crippen molar-refractivity contribution in [3.05, 3.63) is 85.3 Å². The molecule has 0 fully saturated rings. The number of hydrogen-bond donors (Lipinski definition) is 1. The van der Waals surface area contributed by atoms with E-state index >= 15 is 0 Å². The molecule has 36 heavy (non-hydrogen) atoms. The molecule has 0 saturated carbocycles. The van der Waals surface area contributed by atoms with E-state index in [9.17, 15) is 14.4 Å². The minimum atomic E-state index is -0.498. The maximum atomic E-state index is 13.5. The second-order valence-electron chi connectivity index (χ2n) is 7.82. The van der Waals surface area contributed by atoms with Crippen LogP contribution in [-0.4, -0.2) is 32.6 Å². The van der Waals surface area contributed by atoms with Crippen LogP contribution in [-0.2, 0) is 17.0 Å². The van der Waals surface area contributed by atoms with Crippen LogP contribution in [0, 0.1) is 6.92 Å². The van der Waals surface area contributed by atoms with Crippen LogP contribution >= 0.6 is 34.4 Å². The minimum Gasteiger partial charge on any atom is -0.465 e. The second-order valence-corrected chi connectivity index (χ2v) is 10.6. The molecule has 0 aliphatic rings. The Morgan fingerprint density at radius 3 is 2.69 bits per heavy atom. The normalized spacial score (nSPS) is 11.3. The summed E-state index contributed by atoms with van der Waals surface area (Å²) in [7, 11) is 1.30. The first kappa shape index (κ1) is 24.2. The lowest BCUT2D eigenvalue weighted by Gasteiger charge is -2.10. The van der Waals surface area contributed by atoms with Crippen molar-refractivity contribution in [1.29, 1.82) is 0 Å². The van der Waals surface area contributed by atoms with E-state index in [4.69, 9.17) is 9.72 Å². The fourth-order valence-electron chi connectivity index (χ4n) is 3.91. The van der Waals surface area contributed by atoms with Crippen molar-refractivity contribution in [3.63, 3.8) is 0 Å². The summed E-state index contributed by atoms with van der Waals surface area (Å²) in [5.74, 6) is 0.204. The van der Waals surface area contributed by atoms with Gasteiger partial charge in [-0.2, -0.15) is 0 Å². The zero-order valence-electron chi connectivity index (χ0n) is 19.4. The number of hydrogen-bond acceptors (Lipinski definition) is 9. The van der Waals surface area contributed by atoms with Crippen LogP contribution < -0.4 is 11.1 Å². The fraction of sp³-hybridized carbons (Fsp3) is 0.160. The topological polar surface area (TPSA) is 107 Å². The molecule has 0 aliphatic carbocycles. The molecule has 0 amide bonds. The highest BCUT2D eigenvalue weighted by Gasteiger charge is 2.21. The van der Waals surface area contributed by atoms with Gasteiger partial charge in [0.15, 0.2) is 5.16 Å². The largest absolute Gasteiger partial charge is 0.465 e. The lowest BCUT2D eigenvalue weighted by molar-refractivity contribution is 0.0605. The molecule has 5 aromatic rings. The predicted octanol–water partition coefficient (Wildman–Crippen LogP) is 5.00. The van der Waals surface area contributed by atoms with Crippen molar-refractivity contribution in [1.82, 2.24) is 19.5 Å². The number of methoxy groups -OCH3 is 1. The number of fused-ring (bicyclic) bond motifs is 2. The zero-order chi connectivity index (χ0) is 25.4. The molecular weight excluding hydrogens is 517 g/mol. The molecule has 5 rings (SSSR count). The van der Waals surface area contributed by atoms with E-state index in [-0.39, 0.29) is 16.9 Å². The lowest BCUT2D eigenvalue weighted by atomic mass is 10.1. The molecule has 1 aromatic carbocycles. The molecule has 4 heterocycles. The monoisotopic (exact) mass is 536 g/mol. The van der Waals surface area contributed by atoms with Crippen LogP contribution in [0.4, 0.5) is 0 Å². The Morgan fingerprint density at radius 1 is 1.19 bits per heavy atom. The van der Waals surface area contributed by atoms with Crippen molar-refractivity contribution in [2.45, 2.75) is 24.4 Å². The first-order chi connectivity index (χ1) is 17.4. The molecule has 8 nitrogen and oxygen atoms in total. The van der Waals surface area contributed by atoms with E-state index in [0.29, 0.717) is 48.4 Å². The maximum Gasteiger partial charge on any atom is 0.348 e. The maximum absolute atomic E-state index is 13.5. The van der Waals surface area contributed by atoms with Gasteiger partial charge in [0.05, 0.1) is 23.6 Å². The molecule has 1 N–H and O–H groups in total. The van der Waals surface area contributed by atoms with Gasteiger partial charge in [-0.1, -0.05) is 48.2 Å². The van der Waals surface area contributed by atoms with Crippen LogP contribution in [0.15, 0.2) is 63.1 Å². The second kappa shape index (κ2) is 9.84. The Labute approximate surface area is 217 Å². The van der Waals surface area contributed by atoms with Gasteiger partial charge in [0, 0.05) is 17.5 Å². The Hall–Kier alpha value is -3.54. The summed E-state index contributed by atoms with van der Waals surface area (Å²) in [6.07, 6.45) is 1.66. The highest BCUT2D eigenvalue weighted by atomic mass is 32.2. The van der Waals surface area contributed by atoms with E-state index in [0.717, 1.165) is 22.5 Å². The van der Waals surface area contributed by atoms with Gasteiger partial charge >= 0.3 is 5.97 Å². The number of carbonyl (C=O) groups is 1. The molecule has 0 atom stereocenters. The van der Waals surface area contributed by atoms with Crippen molar-refractivity contribution in [2.75, 3.05) is 7.11 Å². The molecule has 4 aromatic heterocycles. The number of esters is 1.